The van der Waals surface area contributed by atoms with Crippen molar-refractivity contribution in [2.24, 2.45) is 5.16 Å². The standard InChI is InChI=1S/C21H16BrCl2F3N2O2S/c22-16-5-11(1-4-18(16)32-10-19(30)28-15-2-3-15)17-9-20(31-29-17,21(25,26)27)12-6-13(23)8-14(24)7-12/h1,4-8,15H,2-3,9-10H2,(H,28,30)/t20-/m0/s1. The van der Waals surface area contributed by atoms with Crippen molar-refractivity contribution in [1.29, 1.82) is 0 Å². The van der Waals surface area contributed by atoms with Crippen LogP contribution >= 0.6 is 50.9 Å². The minimum Gasteiger partial charge on any atom is -0.374 e. The first kappa shape index (κ1) is 23.7. The van der Waals surface area contributed by atoms with Crippen LogP contribution in [0.4, 0.5) is 13.2 Å². The van der Waals surface area contributed by atoms with Gasteiger partial charge in [0.15, 0.2) is 0 Å². The van der Waals surface area contributed by atoms with Gasteiger partial charge in [-0.05, 0) is 59.1 Å². The molecule has 0 spiro atoms. The van der Waals surface area contributed by atoms with Gasteiger partial charge >= 0.3 is 6.18 Å². The van der Waals surface area contributed by atoms with Gasteiger partial charge in [-0.15, -0.1) is 11.8 Å². The third-order valence-corrected chi connectivity index (χ3v) is 7.51. The van der Waals surface area contributed by atoms with Crippen LogP contribution in [0.1, 0.15) is 30.4 Å². The second-order valence-electron chi connectivity index (χ2n) is 7.56. The maximum absolute atomic E-state index is 14.1. The second-order valence-corrected chi connectivity index (χ2v) is 10.3. The molecule has 1 N–H and O–H groups in total. The largest absolute Gasteiger partial charge is 0.435 e. The minimum absolute atomic E-state index is 0.0443. The number of alkyl halides is 3. The number of benzene rings is 2. The zero-order valence-electron chi connectivity index (χ0n) is 16.3. The molecule has 2 aliphatic rings. The summed E-state index contributed by atoms with van der Waals surface area (Å²) < 4.78 is 43.1. The summed E-state index contributed by atoms with van der Waals surface area (Å²) in [5.41, 5.74) is -2.28. The van der Waals surface area contributed by atoms with E-state index in [1.165, 1.54) is 30.0 Å². The highest BCUT2D eigenvalue weighted by Crippen LogP contribution is 2.50. The Kier molecular flexibility index (Phi) is 6.73. The normalized spacial score (nSPS) is 20.6. The van der Waals surface area contributed by atoms with Gasteiger partial charge in [0.25, 0.3) is 5.60 Å². The predicted octanol–water partition coefficient (Wildman–Crippen LogP) is 6.71. The Morgan fingerprint density at radius 1 is 1.22 bits per heavy atom. The van der Waals surface area contributed by atoms with E-state index in [4.69, 9.17) is 28.0 Å². The van der Waals surface area contributed by atoms with E-state index in [0.717, 1.165) is 17.7 Å². The third-order valence-electron chi connectivity index (χ3n) is 5.08. The van der Waals surface area contributed by atoms with E-state index in [9.17, 15) is 18.0 Å². The van der Waals surface area contributed by atoms with Gasteiger partial charge in [0.1, 0.15) is 0 Å². The van der Waals surface area contributed by atoms with Crippen LogP contribution in [0.3, 0.4) is 0 Å². The molecule has 0 saturated heterocycles. The van der Waals surface area contributed by atoms with Gasteiger partial charge in [-0.1, -0.05) is 34.4 Å². The summed E-state index contributed by atoms with van der Waals surface area (Å²) in [7, 11) is 0. The van der Waals surface area contributed by atoms with Crippen LogP contribution in [0.25, 0.3) is 0 Å². The molecular weight excluding hydrogens is 552 g/mol. The van der Waals surface area contributed by atoms with Gasteiger partial charge in [0.05, 0.1) is 11.5 Å². The molecule has 1 atom stereocenters. The van der Waals surface area contributed by atoms with E-state index < -0.39 is 18.2 Å². The Balaban J connectivity index is 1.53. The molecule has 170 valence electrons. The van der Waals surface area contributed by atoms with Gasteiger partial charge in [-0.2, -0.15) is 13.2 Å². The summed E-state index contributed by atoms with van der Waals surface area (Å²) in [6.07, 6.45) is -3.26. The molecule has 1 heterocycles. The van der Waals surface area contributed by atoms with Crippen molar-refractivity contribution in [3.05, 3.63) is 62.0 Å². The number of nitrogens with zero attached hydrogens (tertiary/aromatic N) is 1. The third kappa shape index (κ3) is 5.05. The zero-order valence-corrected chi connectivity index (χ0v) is 20.2. The Morgan fingerprint density at radius 3 is 2.50 bits per heavy atom. The summed E-state index contributed by atoms with van der Waals surface area (Å²) in [4.78, 5) is 17.7. The molecule has 0 radical (unpaired) electrons. The number of halogens is 6. The molecule has 2 aromatic carbocycles. The molecule has 4 nitrogen and oxygen atoms in total. The molecule has 1 amide bonds. The highest BCUT2D eigenvalue weighted by atomic mass is 79.9. The lowest BCUT2D eigenvalue weighted by Crippen LogP contribution is -2.42. The summed E-state index contributed by atoms with van der Waals surface area (Å²) in [6.45, 7) is 0. The average molecular weight is 568 g/mol. The van der Waals surface area contributed by atoms with Crippen molar-refractivity contribution in [3.63, 3.8) is 0 Å². The fraction of sp³-hybridized carbons (Fsp3) is 0.333. The number of hydrogen-bond acceptors (Lipinski definition) is 4. The van der Waals surface area contributed by atoms with Crippen molar-refractivity contribution in [3.8, 4) is 0 Å². The van der Waals surface area contributed by atoms with Crippen LogP contribution in [-0.4, -0.2) is 29.6 Å². The van der Waals surface area contributed by atoms with E-state index in [-0.39, 0.29) is 39.0 Å². The molecule has 2 aromatic rings. The van der Waals surface area contributed by atoms with Gasteiger partial charge < -0.3 is 10.2 Å². The summed E-state index contributed by atoms with van der Waals surface area (Å²) in [5.74, 6) is 0.211. The molecule has 11 heteroatoms. The van der Waals surface area contributed by atoms with Gasteiger partial charge in [0, 0.05) is 43.0 Å². The number of nitrogens with one attached hydrogen (secondary N) is 1. The van der Waals surface area contributed by atoms with Crippen molar-refractivity contribution in [2.75, 3.05) is 5.75 Å². The predicted molar refractivity (Wildman–Crippen MR) is 122 cm³/mol. The molecule has 1 fully saturated rings. The topological polar surface area (TPSA) is 50.7 Å². The van der Waals surface area contributed by atoms with Crippen molar-refractivity contribution in [1.82, 2.24) is 5.32 Å². The zero-order chi connectivity index (χ0) is 23.1. The number of carbonyl (C=O) groups is 1. The van der Waals surface area contributed by atoms with Crippen molar-refractivity contribution in [2.45, 2.75) is 42.0 Å². The van der Waals surface area contributed by atoms with Crippen LogP contribution < -0.4 is 5.32 Å². The van der Waals surface area contributed by atoms with Gasteiger partial charge in [-0.3, -0.25) is 4.79 Å². The first-order chi connectivity index (χ1) is 15.1. The van der Waals surface area contributed by atoms with Crippen molar-refractivity contribution < 1.29 is 22.8 Å². The number of rotatable bonds is 6. The average Bonchev–Trinajstić information content (AvgIpc) is 3.38. The molecule has 1 aliphatic heterocycles. The van der Waals surface area contributed by atoms with Crippen LogP contribution in [-0.2, 0) is 15.2 Å². The van der Waals surface area contributed by atoms with E-state index in [1.54, 1.807) is 18.2 Å². The lowest BCUT2D eigenvalue weighted by molar-refractivity contribution is -0.275. The van der Waals surface area contributed by atoms with Crippen LogP contribution in [0.5, 0.6) is 0 Å². The van der Waals surface area contributed by atoms with Crippen LogP contribution in [0, 0.1) is 0 Å². The highest BCUT2D eigenvalue weighted by molar-refractivity contribution is 9.10. The first-order valence-electron chi connectivity index (χ1n) is 9.58. The van der Waals surface area contributed by atoms with E-state index >= 15 is 0 Å². The van der Waals surface area contributed by atoms with Crippen LogP contribution in [0.15, 0.2) is 50.9 Å². The minimum atomic E-state index is -4.76. The fourth-order valence-corrected chi connectivity index (χ4v) is 5.26. The number of thioether (sulfide) groups is 1. The molecular formula is C21H16BrCl2F3N2O2S. The molecule has 0 unspecified atom stereocenters. The molecule has 32 heavy (non-hydrogen) atoms. The Labute approximate surface area is 205 Å². The van der Waals surface area contributed by atoms with Gasteiger partial charge in [0.2, 0.25) is 5.91 Å². The lowest BCUT2D eigenvalue weighted by atomic mass is 9.86. The lowest BCUT2D eigenvalue weighted by Gasteiger charge is -2.29. The molecule has 1 aliphatic carbocycles. The summed E-state index contributed by atoms with van der Waals surface area (Å²) in [5, 5.41) is 6.82. The number of carbonyl (C=O) groups excluding carboxylic acids is 1. The van der Waals surface area contributed by atoms with E-state index in [1.807, 2.05) is 0 Å². The summed E-state index contributed by atoms with van der Waals surface area (Å²) in [6, 6.07) is 9.07. The monoisotopic (exact) mass is 566 g/mol. The maximum Gasteiger partial charge on any atom is 0.435 e. The smallest absolute Gasteiger partial charge is 0.374 e. The molecule has 1 saturated carbocycles. The molecule has 0 bridgehead atoms. The first-order valence-corrected chi connectivity index (χ1v) is 12.1. The number of hydrogen-bond donors (Lipinski definition) is 1. The quantitative estimate of drug-likeness (QED) is 0.395. The number of amides is 1. The Bertz CT molecular complexity index is 1070. The van der Waals surface area contributed by atoms with E-state index in [2.05, 4.69) is 26.4 Å². The van der Waals surface area contributed by atoms with Crippen LogP contribution in [0.2, 0.25) is 10.0 Å². The number of oxime groups is 1. The SMILES string of the molecule is O=C(CSc1ccc(C2=NO[C@@](c3cc(Cl)cc(Cl)c3)(C(F)(F)F)C2)cc1Br)NC1CC1. The Hall–Kier alpha value is -1.42. The Morgan fingerprint density at radius 2 is 1.91 bits per heavy atom. The maximum atomic E-state index is 14.1. The van der Waals surface area contributed by atoms with E-state index in [0.29, 0.717) is 10.0 Å². The van der Waals surface area contributed by atoms with Crippen molar-refractivity contribution >= 4 is 62.5 Å². The highest BCUT2D eigenvalue weighted by Gasteiger charge is 2.62. The second kappa shape index (κ2) is 9.08. The molecule has 4 rings (SSSR count). The summed E-state index contributed by atoms with van der Waals surface area (Å²) >= 11 is 16.6. The fourth-order valence-electron chi connectivity index (χ4n) is 3.28. The van der Waals surface area contributed by atoms with Gasteiger partial charge in [-0.25, -0.2) is 0 Å². The molecule has 0 aromatic heterocycles.